The van der Waals surface area contributed by atoms with Gasteiger partial charge in [0.2, 0.25) is 5.96 Å². The van der Waals surface area contributed by atoms with Gasteiger partial charge in [-0.15, -0.1) is 12.6 Å². The van der Waals surface area contributed by atoms with Crippen molar-refractivity contribution >= 4 is 24.3 Å². The van der Waals surface area contributed by atoms with E-state index in [2.05, 4.69) is 28.1 Å². The summed E-state index contributed by atoms with van der Waals surface area (Å²) in [7, 11) is 1.60. The molecule has 0 bridgehead atoms. The van der Waals surface area contributed by atoms with Crippen LogP contribution in [-0.2, 0) is 0 Å². The van der Waals surface area contributed by atoms with Crippen LogP contribution < -0.4 is 11.2 Å². The molecule has 0 fully saturated rings. The van der Waals surface area contributed by atoms with Crippen LogP contribution in [0.25, 0.3) is 0 Å². The van der Waals surface area contributed by atoms with Crippen LogP contribution in [0.3, 0.4) is 0 Å². The lowest BCUT2D eigenvalue weighted by atomic mass is 10.1. The van der Waals surface area contributed by atoms with Crippen LogP contribution in [-0.4, -0.2) is 18.7 Å². The fourth-order valence-electron chi connectivity index (χ4n) is 0.958. The fourth-order valence-corrected chi connectivity index (χ4v) is 1.11. The average molecular weight is 222 g/mol. The Hall–Kier alpha value is -1.49. The van der Waals surface area contributed by atoms with Gasteiger partial charge in [-0.25, -0.2) is 5.43 Å². The lowest BCUT2D eigenvalue weighted by molar-refractivity contribution is 0.997. The van der Waals surface area contributed by atoms with Crippen molar-refractivity contribution in [3.05, 3.63) is 29.8 Å². The predicted molar refractivity (Wildman–Crippen MR) is 66.6 cm³/mol. The molecule has 15 heavy (non-hydrogen) atoms. The highest BCUT2D eigenvalue weighted by molar-refractivity contribution is 7.80. The molecule has 80 valence electrons. The van der Waals surface area contributed by atoms with E-state index in [-0.39, 0.29) is 0 Å². The van der Waals surface area contributed by atoms with Crippen LogP contribution in [0, 0.1) is 0 Å². The third-order valence-corrected chi connectivity index (χ3v) is 2.16. The van der Waals surface area contributed by atoms with Crippen LogP contribution in [0.5, 0.6) is 0 Å². The molecule has 0 saturated heterocycles. The first-order valence-electron chi connectivity index (χ1n) is 4.45. The van der Waals surface area contributed by atoms with Crippen LogP contribution in [0.15, 0.2) is 39.3 Å². The third kappa shape index (κ3) is 3.63. The minimum absolute atomic E-state index is 0.292. The van der Waals surface area contributed by atoms with Crippen molar-refractivity contribution in [1.82, 2.24) is 5.43 Å². The number of nitrogens with two attached hydrogens (primary N) is 1. The van der Waals surface area contributed by atoms with Gasteiger partial charge in [0.1, 0.15) is 0 Å². The highest BCUT2D eigenvalue weighted by atomic mass is 32.1. The minimum atomic E-state index is 0.292. The van der Waals surface area contributed by atoms with Gasteiger partial charge in [0.05, 0.1) is 5.71 Å². The minimum Gasteiger partial charge on any atom is -0.369 e. The smallest absolute Gasteiger partial charge is 0.209 e. The number of hydrogen-bond donors (Lipinski definition) is 3. The van der Waals surface area contributed by atoms with E-state index in [1.165, 1.54) is 0 Å². The lowest BCUT2D eigenvalue weighted by Gasteiger charge is -2.02. The van der Waals surface area contributed by atoms with Crippen LogP contribution in [0.4, 0.5) is 0 Å². The second kappa shape index (κ2) is 5.41. The SMILES string of the molecule is CN=C(N)N/N=C(\C)c1ccc(S)cc1. The van der Waals surface area contributed by atoms with Crippen LogP contribution in [0.1, 0.15) is 12.5 Å². The normalized spacial score (nSPS) is 12.7. The van der Waals surface area contributed by atoms with Gasteiger partial charge in [-0.3, -0.25) is 4.99 Å². The maximum Gasteiger partial charge on any atom is 0.209 e. The van der Waals surface area contributed by atoms with Gasteiger partial charge in [0.25, 0.3) is 0 Å². The second-order valence-electron chi connectivity index (χ2n) is 2.96. The van der Waals surface area contributed by atoms with Crippen molar-refractivity contribution in [2.45, 2.75) is 11.8 Å². The number of hydrogen-bond acceptors (Lipinski definition) is 3. The van der Waals surface area contributed by atoms with E-state index in [0.29, 0.717) is 5.96 Å². The molecule has 0 atom stereocenters. The Morgan fingerprint density at radius 1 is 1.33 bits per heavy atom. The average Bonchev–Trinajstić information content (AvgIpc) is 2.26. The van der Waals surface area contributed by atoms with Crippen molar-refractivity contribution in [2.75, 3.05) is 7.05 Å². The fraction of sp³-hybridized carbons (Fsp3) is 0.200. The number of thiol groups is 1. The Morgan fingerprint density at radius 2 is 1.93 bits per heavy atom. The zero-order valence-corrected chi connectivity index (χ0v) is 9.62. The molecule has 0 spiro atoms. The molecule has 4 nitrogen and oxygen atoms in total. The summed E-state index contributed by atoms with van der Waals surface area (Å²) in [6.07, 6.45) is 0. The molecular weight excluding hydrogens is 208 g/mol. The van der Waals surface area contributed by atoms with Crippen molar-refractivity contribution in [2.24, 2.45) is 15.8 Å². The summed E-state index contributed by atoms with van der Waals surface area (Å²) >= 11 is 4.21. The molecule has 5 heteroatoms. The quantitative estimate of drug-likeness (QED) is 0.305. The Morgan fingerprint density at radius 3 is 2.47 bits per heavy atom. The molecule has 1 aromatic rings. The molecule has 0 amide bonds. The zero-order valence-electron chi connectivity index (χ0n) is 8.73. The Kier molecular flexibility index (Phi) is 4.17. The molecule has 0 aliphatic heterocycles. The molecule has 0 unspecified atom stereocenters. The van der Waals surface area contributed by atoms with Crippen molar-refractivity contribution in [1.29, 1.82) is 0 Å². The van der Waals surface area contributed by atoms with E-state index in [1.807, 2.05) is 31.2 Å². The zero-order chi connectivity index (χ0) is 11.3. The van der Waals surface area contributed by atoms with E-state index in [9.17, 15) is 0 Å². The topological polar surface area (TPSA) is 62.8 Å². The monoisotopic (exact) mass is 222 g/mol. The van der Waals surface area contributed by atoms with Gasteiger partial charge in [-0.05, 0) is 24.6 Å². The largest absolute Gasteiger partial charge is 0.369 e. The predicted octanol–water partition coefficient (Wildman–Crippen LogP) is 1.23. The number of benzene rings is 1. The summed E-state index contributed by atoms with van der Waals surface area (Å²) in [5.41, 5.74) is 9.95. The second-order valence-corrected chi connectivity index (χ2v) is 3.48. The molecule has 0 saturated carbocycles. The summed E-state index contributed by atoms with van der Waals surface area (Å²) in [5.74, 6) is 0.292. The van der Waals surface area contributed by atoms with Gasteiger partial charge < -0.3 is 5.73 Å². The standard InChI is InChI=1S/C10H14N4S/c1-7(13-14-10(11)12-2)8-3-5-9(15)6-4-8/h3-6,15H,1-2H3,(H3,11,12,14)/b13-7+. The third-order valence-electron chi connectivity index (χ3n) is 1.86. The first-order valence-corrected chi connectivity index (χ1v) is 4.90. The first-order chi connectivity index (χ1) is 7.13. The Bertz CT molecular complexity index is 381. The lowest BCUT2D eigenvalue weighted by Crippen LogP contribution is -2.27. The molecular formula is C10H14N4S. The van der Waals surface area contributed by atoms with Gasteiger partial charge in [0, 0.05) is 11.9 Å². The van der Waals surface area contributed by atoms with Gasteiger partial charge in [-0.2, -0.15) is 5.10 Å². The maximum atomic E-state index is 5.44. The molecule has 0 heterocycles. The molecule has 1 rings (SSSR count). The van der Waals surface area contributed by atoms with E-state index in [0.717, 1.165) is 16.2 Å². The molecule has 1 aromatic carbocycles. The molecule has 3 N–H and O–H groups in total. The van der Waals surface area contributed by atoms with Gasteiger partial charge in [-0.1, -0.05) is 12.1 Å². The van der Waals surface area contributed by atoms with Crippen molar-refractivity contribution in [3.8, 4) is 0 Å². The van der Waals surface area contributed by atoms with Crippen molar-refractivity contribution < 1.29 is 0 Å². The highest BCUT2D eigenvalue weighted by Gasteiger charge is 1.96. The van der Waals surface area contributed by atoms with Crippen LogP contribution >= 0.6 is 12.6 Å². The number of guanidine groups is 1. The molecule has 0 aromatic heterocycles. The summed E-state index contributed by atoms with van der Waals surface area (Å²) in [6.45, 7) is 1.89. The number of rotatable bonds is 2. The van der Waals surface area contributed by atoms with E-state index in [1.54, 1.807) is 7.05 Å². The number of nitrogens with one attached hydrogen (secondary N) is 1. The number of nitrogens with zero attached hydrogens (tertiary/aromatic N) is 2. The van der Waals surface area contributed by atoms with Crippen molar-refractivity contribution in [3.63, 3.8) is 0 Å². The Labute approximate surface area is 94.7 Å². The molecule has 0 aliphatic rings. The van der Waals surface area contributed by atoms with Gasteiger partial charge in [0.15, 0.2) is 0 Å². The Balaban J connectivity index is 2.76. The van der Waals surface area contributed by atoms with E-state index in [4.69, 9.17) is 5.73 Å². The molecule has 0 aliphatic carbocycles. The first kappa shape index (κ1) is 11.6. The number of aliphatic imine (C=N–C) groups is 1. The van der Waals surface area contributed by atoms with Crippen LogP contribution in [0.2, 0.25) is 0 Å². The summed E-state index contributed by atoms with van der Waals surface area (Å²) < 4.78 is 0. The van der Waals surface area contributed by atoms with E-state index < -0.39 is 0 Å². The highest BCUT2D eigenvalue weighted by Crippen LogP contribution is 2.08. The molecule has 0 radical (unpaired) electrons. The van der Waals surface area contributed by atoms with E-state index >= 15 is 0 Å². The summed E-state index contributed by atoms with van der Waals surface area (Å²) in [6, 6.07) is 7.72. The summed E-state index contributed by atoms with van der Waals surface area (Å²) in [4.78, 5) is 4.66. The summed E-state index contributed by atoms with van der Waals surface area (Å²) in [5, 5.41) is 4.08. The number of hydrazone groups is 1. The van der Waals surface area contributed by atoms with Gasteiger partial charge >= 0.3 is 0 Å². The maximum absolute atomic E-state index is 5.44.